The first-order valence-electron chi connectivity index (χ1n) is 8.05. The molecule has 6 nitrogen and oxygen atoms in total. The minimum absolute atomic E-state index is 0.0875. The van der Waals surface area contributed by atoms with E-state index < -0.39 is 0 Å². The summed E-state index contributed by atoms with van der Waals surface area (Å²) < 4.78 is 13.9. The number of hydrogen-bond acceptors (Lipinski definition) is 5. The molecule has 1 amide bonds. The van der Waals surface area contributed by atoms with E-state index in [2.05, 4.69) is 20.4 Å². The Morgan fingerprint density at radius 2 is 1.79 bits per heavy atom. The average molecular weight is 329 g/mol. The maximum absolute atomic E-state index is 13.9. The number of piperazine rings is 1. The van der Waals surface area contributed by atoms with Gasteiger partial charge >= 0.3 is 0 Å². The molecule has 0 bridgehead atoms. The topological polar surface area (TPSA) is 61.4 Å². The Hall–Kier alpha value is -2.70. The molecule has 1 N–H and O–H groups in total. The number of nitrogens with one attached hydrogen (secondary N) is 1. The smallest absolute Gasteiger partial charge is 0.225 e. The van der Waals surface area contributed by atoms with Crippen LogP contribution in [0.25, 0.3) is 0 Å². The van der Waals surface area contributed by atoms with Crippen molar-refractivity contribution in [3.05, 3.63) is 42.2 Å². The average Bonchev–Trinajstić information content (AvgIpc) is 2.63. The minimum atomic E-state index is -0.193. The van der Waals surface area contributed by atoms with Gasteiger partial charge in [0, 0.05) is 32.6 Å². The predicted octanol–water partition coefficient (Wildman–Crippen LogP) is 2.29. The van der Waals surface area contributed by atoms with Crippen LogP contribution in [-0.4, -0.2) is 42.3 Å². The Labute approximate surface area is 140 Å². The van der Waals surface area contributed by atoms with Crippen molar-refractivity contribution in [2.24, 2.45) is 0 Å². The van der Waals surface area contributed by atoms with Crippen LogP contribution in [0.1, 0.15) is 13.3 Å². The van der Waals surface area contributed by atoms with E-state index in [1.54, 1.807) is 25.1 Å². The van der Waals surface area contributed by atoms with Crippen LogP contribution in [0.4, 0.5) is 21.7 Å². The third kappa shape index (κ3) is 3.61. The Balaban J connectivity index is 1.60. The summed E-state index contributed by atoms with van der Waals surface area (Å²) in [6, 6.07) is 10.4. The molecule has 1 saturated heterocycles. The second-order valence-corrected chi connectivity index (χ2v) is 5.60. The van der Waals surface area contributed by atoms with Crippen LogP contribution < -0.4 is 15.1 Å². The highest BCUT2D eigenvalue weighted by Gasteiger charge is 2.20. The van der Waals surface area contributed by atoms with Gasteiger partial charge in [-0.05, 0) is 24.3 Å². The van der Waals surface area contributed by atoms with Crippen molar-refractivity contribution in [2.75, 3.05) is 41.3 Å². The number of carbonyl (C=O) groups is 1. The van der Waals surface area contributed by atoms with E-state index in [1.807, 2.05) is 17.0 Å². The molecule has 0 spiro atoms. The molecule has 0 radical (unpaired) electrons. The van der Waals surface area contributed by atoms with E-state index in [9.17, 15) is 9.18 Å². The van der Waals surface area contributed by atoms with Crippen molar-refractivity contribution in [1.29, 1.82) is 0 Å². The zero-order chi connectivity index (χ0) is 16.9. The SMILES string of the molecule is CCC(=O)Nc1ccc(N2CCN(c3ccccc3F)CC2)nn1. The number of anilines is 3. The largest absolute Gasteiger partial charge is 0.366 e. The number of carbonyl (C=O) groups excluding carboxylic acids is 1. The summed E-state index contributed by atoms with van der Waals surface area (Å²) in [5, 5.41) is 10.9. The third-order valence-corrected chi connectivity index (χ3v) is 4.04. The first-order chi connectivity index (χ1) is 11.7. The lowest BCUT2D eigenvalue weighted by Crippen LogP contribution is -2.47. The lowest BCUT2D eigenvalue weighted by atomic mass is 10.2. The number of amides is 1. The Morgan fingerprint density at radius 1 is 1.08 bits per heavy atom. The fraction of sp³-hybridized carbons (Fsp3) is 0.353. The second kappa shape index (κ2) is 7.25. The summed E-state index contributed by atoms with van der Waals surface area (Å²) in [5.74, 6) is 0.936. The zero-order valence-electron chi connectivity index (χ0n) is 13.6. The first-order valence-corrected chi connectivity index (χ1v) is 8.05. The number of para-hydroxylation sites is 1. The van der Waals surface area contributed by atoms with E-state index in [1.165, 1.54) is 6.07 Å². The van der Waals surface area contributed by atoms with Crippen molar-refractivity contribution in [3.63, 3.8) is 0 Å². The molecular weight excluding hydrogens is 309 g/mol. The van der Waals surface area contributed by atoms with Crippen LogP contribution in [-0.2, 0) is 4.79 Å². The lowest BCUT2D eigenvalue weighted by Gasteiger charge is -2.36. The quantitative estimate of drug-likeness (QED) is 0.932. The van der Waals surface area contributed by atoms with Gasteiger partial charge in [0.2, 0.25) is 5.91 Å². The molecule has 1 aliphatic rings. The molecule has 0 atom stereocenters. The van der Waals surface area contributed by atoms with Crippen LogP contribution in [0.15, 0.2) is 36.4 Å². The van der Waals surface area contributed by atoms with Gasteiger partial charge in [-0.2, -0.15) is 0 Å². The Morgan fingerprint density at radius 3 is 2.42 bits per heavy atom. The molecule has 1 aromatic heterocycles. The standard InChI is InChI=1S/C17H20FN5O/c1-2-17(24)19-15-7-8-16(21-20-15)23-11-9-22(10-12-23)14-6-4-3-5-13(14)18/h3-8H,2,9-12H2,1H3,(H,19,20,24). The van der Waals surface area contributed by atoms with Gasteiger partial charge < -0.3 is 15.1 Å². The van der Waals surface area contributed by atoms with Gasteiger partial charge in [0.15, 0.2) is 11.6 Å². The molecule has 2 aromatic rings. The maximum Gasteiger partial charge on any atom is 0.225 e. The summed E-state index contributed by atoms with van der Waals surface area (Å²) >= 11 is 0. The van der Waals surface area contributed by atoms with Gasteiger partial charge in [-0.25, -0.2) is 4.39 Å². The minimum Gasteiger partial charge on any atom is -0.366 e. The summed E-state index contributed by atoms with van der Waals surface area (Å²) in [7, 11) is 0. The highest BCUT2D eigenvalue weighted by atomic mass is 19.1. The normalized spacial score (nSPS) is 14.6. The maximum atomic E-state index is 13.9. The molecule has 3 rings (SSSR count). The molecule has 24 heavy (non-hydrogen) atoms. The molecule has 0 aliphatic carbocycles. The monoisotopic (exact) mass is 329 g/mol. The molecule has 7 heteroatoms. The van der Waals surface area contributed by atoms with E-state index >= 15 is 0 Å². The number of halogens is 1. The van der Waals surface area contributed by atoms with E-state index in [4.69, 9.17) is 0 Å². The van der Waals surface area contributed by atoms with Crippen molar-refractivity contribution in [2.45, 2.75) is 13.3 Å². The molecule has 2 heterocycles. The third-order valence-electron chi connectivity index (χ3n) is 4.04. The Bertz CT molecular complexity index is 698. The van der Waals surface area contributed by atoms with Crippen LogP contribution in [0.5, 0.6) is 0 Å². The summed E-state index contributed by atoms with van der Waals surface area (Å²) in [6.45, 7) is 4.70. The molecule has 0 saturated carbocycles. The number of aromatic nitrogens is 2. The second-order valence-electron chi connectivity index (χ2n) is 5.60. The number of rotatable bonds is 4. The van der Waals surface area contributed by atoms with Crippen molar-refractivity contribution in [3.8, 4) is 0 Å². The van der Waals surface area contributed by atoms with Gasteiger partial charge in [-0.15, -0.1) is 10.2 Å². The molecule has 1 aliphatic heterocycles. The highest BCUT2D eigenvalue weighted by molar-refractivity contribution is 5.89. The first kappa shape index (κ1) is 16.2. The molecule has 1 fully saturated rings. The van der Waals surface area contributed by atoms with Crippen LogP contribution in [0, 0.1) is 5.82 Å². The zero-order valence-corrected chi connectivity index (χ0v) is 13.6. The van der Waals surface area contributed by atoms with E-state index in [0.717, 1.165) is 32.0 Å². The molecule has 1 aromatic carbocycles. The summed E-state index contributed by atoms with van der Waals surface area (Å²) in [6.07, 6.45) is 0.404. The van der Waals surface area contributed by atoms with Gasteiger partial charge in [0.05, 0.1) is 5.69 Å². The van der Waals surface area contributed by atoms with Crippen LogP contribution in [0.3, 0.4) is 0 Å². The summed E-state index contributed by atoms with van der Waals surface area (Å²) in [5.41, 5.74) is 0.640. The van der Waals surface area contributed by atoms with Gasteiger partial charge in [0.25, 0.3) is 0 Å². The number of nitrogens with zero attached hydrogens (tertiary/aromatic N) is 4. The van der Waals surface area contributed by atoms with Gasteiger partial charge in [-0.1, -0.05) is 19.1 Å². The summed E-state index contributed by atoms with van der Waals surface area (Å²) in [4.78, 5) is 15.5. The van der Waals surface area contributed by atoms with Crippen molar-refractivity contribution >= 4 is 23.2 Å². The molecule has 126 valence electrons. The van der Waals surface area contributed by atoms with Gasteiger partial charge in [-0.3, -0.25) is 4.79 Å². The van der Waals surface area contributed by atoms with E-state index in [-0.39, 0.29) is 11.7 Å². The fourth-order valence-corrected chi connectivity index (χ4v) is 2.68. The molecular formula is C17H20FN5O. The number of benzene rings is 1. The van der Waals surface area contributed by atoms with Crippen molar-refractivity contribution in [1.82, 2.24) is 10.2 Å². The molecule has 0 unspecified atom stereocenters. The lowest BCUT2D eigenvalue weighted by molar-refractivity contribution is -0.115. The fourth-order valence-electron chi connectivity index (χ4n) is 2.68. The van der Waals surface area contributed by atoms with Crippen LogP contribution in [0.2, 0.25) is 0 Å². The van der Waals surface area contributed by atoms with Crippen LogP contribution >= 0.6 is 0 Å². The van der Waals surface area contributed by atoms with Gasteiger partial charge in [0.1, 0.15) is 5.82 Å². The van der Waals surface area contributed by atoms with E-state index in [0.29, 0.717) is 17.9 Å². The number of hydrogen-bond donors (Lipinski definition) is 1. The highest BCUT2D eigenvalue weighted by Crippen LogP contribution is 2.22. The predicted molar refractivity (Wildman–Crippen MR) is 91.8 cm³/mol. The Kier molecular flexibility index (Phi) is 4.88. The van der Waals surface area contributed by atoms with Crippen molar-refractivity contribution < 1.29 is 9.18 Å².